The molecular formula is C26H27N3O6. The zero-order valence-electron chi connectivity index (χ0n) is 20.2. The van der Waals surface area contributed by atoms with Crippen LogP contribution in [0.3, 0.4) is 0 Å². The fraction of sp³-hybridized carbons (Fsp3) is 0.192. The number of nitrogens with zero attached hydrogens (tertiary/aromatic N) is 1. The second-order valence-corrected chi connectivity index (χ2v) is 7.44. The lowest BCUT2D eigenvalue weighted by molar-refractivity contribution is 0.102. The SMILES string of the molecule is COc1cc(C(=O)Nc2ccc(/C(C)=N/OC(=O)Nc3ccccc3C)cc2)cc(OC)c1OC. The monoisotopic (exact) mass is 477 g/mol. The van der Waals surface area contributed by atoms with Gasteiger partial charge in [0.15, 0.2) is 11.5 Å². The Kier molecular flexibility index (Phi) is 8.29. The molecule has 0 aromatic heterocycles. The molecule has 0 unspecified atom stereocenters. The van der Waals surface area contributed by atoms with Gasteiger partial charge in [-0.2, -0.15) is 0 Å². The van der Waals surface area contributed by atoms with Crippen molar-refractivity contribution in [2.24, 2.45) is 5.16 Å². The molecule has 9 heteroatoms. The summed E-state index contributed by atoms with van der Waals surface area (Å²) in [5, 5.41) is 9.36. The molecular weight excluding hydrogens is 450 g/mol. The minimum absolute atomic E-state index is 0.342. The van der Waals surface area contributed by atoms with Crippen LogP contribution in [-0.4, -0.2) is 39.0 Å². The molecule has 0 fully saturated rings. The summed E-state index contributed by atoms with van der Waals surface area (Å²) in [5.74, 6) is 0.815. The fourth-order valence-electron chi connectivity index (χ4n) is 3.22. The number of carbonyl (C=O) groups is 2. The molecule has 0 saturated carbocycles. The molecule has 0 aliphatic heterocycles. The van der Waals surface area contributed by atoms with Crippen LogP contribution in [0.5, 0.6) is 17.2 Å². The van der Waals surface area contributed by atoms with E-state index in [2.05, 4.69) is 15.8 Å². The summed E-state index contributed by atoms with van der Waals surface area (Å²) in [4.78, 5) is 29.8. The standard InChI is InChI=1S/C26H27N3O6/c1-16-8-6-7-9-21(16)28-26(31)35-29-17(2)18-10-12-20(13-11-18)27-25(30)19-14-22(32-3)24(34-5)23(15-19)33-4/h6-15H,1-5H3,(H,27,30)(H,28,31)/b29-17+. The molecule has 0 bridgehead atoms. The van der Waals surface area contributed by atoms with E-state index < -0.39 is 6.09 Å². The summed E-state index contributed by atoms with van der Waals surface area (Å²) in [6.45, 7) is 3.59. The number of hydrogen-bond acceptors (Lipinski definition) is 7. The molecule has 0 aliphatic carbocycles. The van der Waals surface area contributed by atoms with E-state index in [4.69, 9.17) is 19.0 Å². The minimum Gasteiger partial charge on any atom is -0.493 e. The molecule has 0 radical (unpaired) electrons. The number of rotatable bonds is 8. The Morgan fingerprint density at radius 1 is 0.800 bits per heavy atom. The van der Waals surface area contributed by atoms with Gasteiger partial charge in [0, 0.05) is 16.9 Å². The highest BCUT2D eigenvalue weighted by atomic mass is 16.7. The van der Waals surface area contributed by atoms with Crippen LogP contribution in [0.25, 0.3) is 0 Å². The second kappa shape index (κ2) is 11.6. The molecule has 9 nitrogen and oxygen atoms in total. The lowest BCUT2D eigenvalue weighted by Gasteiger charge is -2.14. The second-order valence-electron chi connectivity index (χ2n) is 7.44. The van der Waals surface area contributed by atoms with Crippen LogP contribution in [0.15, 0.2) is 65.8 Å². The van der Waals surface area contributed by atoms with Crippen molar-refractivity contribution in [1.29, 1.82) is 0 Å². The van der Waals surface area contributed by atoms with Gasteiger partial charge in [-0.25, -0.2) is 4.79 Å². The van der Waals surface area contributed by atoms with Crippen molar-refractivity contribution < 1.29 is 28.6 Å². The normalized spacial score (nSPS) is 10.8. The van der Waals surface area contributed by atoms with Crippen molar-refractivity contribution in [1.82, 2.24) is 0 Å². The number of aryl methyl sites for hydroxylation is 1. The van der Waals surface area contributed by atoms with E-state index in [9.17, 15) is 9.59 Å². The Labute approximate surface area is 203 Å². The van der Waals surface area contributed by atoms with Gasteiger partial charge in [0.2, 0.25) is 5.75 Å². The van der Waals surface area contributed by atoms with E-state index in [-0.39, 0.29) is 5.91 Å². The number of benzene rings is 3. The Bertz CT molecular complexity index is 1210. The van der Waals surface area contributed by atoms with Crippen LogP contribution in [0.4, 0.5) is 16.2 Å². The first-order chi connectivity index (χ1) is 16.9. The van der Waals surface area contributed by atoms with Gasteiger partial charge in [-0.15, -0.1) is 0 Å². The first kappa shape index (κ1) is 25.1. The predicted octanol–water partition coefficient (Wildman–Crippen LogP) is 5.25. The van der Waals surface area contributed by atoms with E-state index >= 15 is 0 Å². The van der Waals surface area contributed by atoms with E-state index in [1.165, 1.54) is 21.3 Å². The summed E-state index contributed by atoms with van der Waals surface area (Å²) in [6, 6.07) is 17.4. The third-order valence-corrected chi connectivity index (χ3v) is 5.13. The minimum atomic E-state index is -0.687. The molecule has 35 heavy (non-hydrogen) atoms. The molecule has 3 rings (SSSR count). The third-order valence-electron chi connectivity index (χ3n) is 5.13. The Balaban J connectivity index is 1.65. The number of anilines is 2. The molecule has 0 heterocycles. The maximum atomic E-state index is 12.8. The summed E-state index contributed by atoms with van der Waals surface area (Å²) >= 11 is 0. The lowest BCUT2D eigenvalue weighted by atomic mass is 10.1. The number of nitrogens with one attached hydrogen (secondary N) is 2. The fourth-order valence-corrected chi connectivity index (χ4v) is 3.22. The predicted molar refractivity (Wildman–Crippen MR) is 134 cm³/mol. The van der Waals surface area contributed by atoms with Gasteiger partial charge in [-0.05, 0) is 55.3 Å². The number of carbonyl (C=O) groups excluding carboxylic acids is 2. The first-order valence-corrected chi connectivity index (χ1v) is 10.7. The summed E-state index contributed by atoms with van der Waals surface area (Å²) in [5.41, 5.74) is 3.69. The topological polar surface area (TPSA) is 107 Å². The highest BCUT2D eigenvalue weighted by Gasteiger charge is 2.17. The van der Waals surface area contributed by atoms with Crippen LogP contribution < -0.4 is 24.8 Å². The molecule has 2 N–H and O–H groups in total. The summed E-state index contributed by atoms with van der Waals surface area (Å²) < 4.78 is 15.9. The number of para-hydroxylation sites is 1. The average molecular weight is 478 g/mol. The van der Waals surface area contributed by atoms with Crippen LogP contribution in [-0.2, 0) is 4.84 Å². The Morgan fingerprint density at radius 3 is 2.00 bits per heavy atom. The van der Waals surface area contributed by atoms with Crippen molar-refractivity contribution in [3.63, 3.8) is 0 Å². The molecule has 2 amide bonds. The molecule has 182 valence electrons. The smallest absolute Gasteiger partial charge is 0.437 e. The van der Waals surface area contributed by atoms with E-state index in [1.807, 2.05) is 25.1 Å². The van der Waals surface area contributed by atoms with Gasteiger partial charge in [0.1, 0.15) is 0 Å². The molecule has 3 aromatic carbocycles. The number of ether oxygens (including phenoxy) is 3. The largest absolute Gasteiger partial charge is 0.493 e. The molecule has 0 saturated heterocycles. The Hall–Kier alpha value is -4.53. The third kappa shape index (κ3) is 6.29. The van der Waals surface area contributed by atoms with E-state index in [1.54, 1.807) is 49.4 Å². The van der Waals surface area contributed by atoms with Crippen LogP contribution in [0.2, 0.25) is 0 Å². The van der Waals surface area contributed by atoms with Crippen LogP contribution >= 0.6 is 0 Å². The molecule has 3 aromatic rings. The molecule has 0 aliphatic rings. The maximum Gasteiger partial charge on any atom is 0.437 e. The van der Waals surface area contributed by atoms with Gasteiger partial charge < -0.3 is 19.5 Å². The quantitative estimate of drug-likeness (QED) is 0.261. The van der Waals surface area contributed by atoms with Crippen molar-refractivity contribution in [3.05, 3.63) is 77.4 Å². The summed E-state index contributed by atoms with van der Waals surface area (Å²) in [7, 11) is 4.46. The van der Waals surface area contributed by atoms with Crippen molar-refractivity contribution in [2.45, 2.75) is 13.8 Å². The van der Waals surface area contributed by atoms with E-state index in [0.717, 1.165) is 11.1 Å². The van der Waals surface area contributed by atoms with Crippen LogP contribution in [0, 0.1) is 6.92 Å². The van der Waals surface area contributed by atoms with Gasteiger partial charge >= 0.3 is 6.09 Å². The van der Waals surface area contributed by atoms with Crippen molar-refractivity contribution >= 4 is 29.1 Å². The average Bonchev–Trinajstić information content (AvgIpc) is 2.88. The van der Waals surface area contributed by atoms with E-state index in [0.29, 0.717) is 39.9 Å². The van der Waals surface area contributed by atoms with Crippen molar-refractivity contribution in [3.8, 4) is 17.2 Å². The highest BCUT2D eigenvalue weighted by Crippen LogP contribution is 2.38. The summed E-state index contributed by atoms with van der Waals surface area (Å²) in [6.07, 6.45) is -0.687. The number of hydrogen-bond donors (Lipinski definition) is 2. The van der Waals surface area contributed by atoms with Gasteiger partial charge in [0.25, 0.3) is 5.91 Å². The lowest BCUT2D eigenvalue weighted by Crippen LogP contribution is -2.13. The number of amides is 2. The van der Waals surface area contributed by atoms with Crippen LogP contribution in [0.1, 0.15) is 28.4 Å². The van der Waals surface area contributed by atoms with Gasteiger partial charge in [0.05, 0.1) is 27.0 Å². The number of methoxy groups -OCH3 is 3. The molecule has 0 spiro atoms. The Morgan fingerprint density at radius 2 is 1.43 bits per heavy atom. The first-order valence-electron chi connectivity index (χ1n) is 10.7. The maximum absolute atomic E-state index is 12.8. The van der Waals surface area contributed by atoms with Gasteiger partial charge in [-0.3, -0.25) is 14.9 Å². The van der Waals surface area contributed by atoms with Crippen molar-refractivity contribution in [2.75, 3.05) is 32.0 Å². The number of oxime groups is 1. The zero-order chi connectivity index (χ0) is 25.4. The van der Waals surface area contributed by atoms with Gasteiger partial charge in [-0.1, -0.05) is 35.5 Å². The highest BCUT2D eigenvalue weighted by molar-refractivity contribution is 6.05. The zero-order valence-corrected chi connectivity index (χ0v) is 20.2. The molecule has 0 atom stereocenters.